The third kappa shape index (κ3) is 2.71. The van der Waals surface area contributed by atoms with E-state index in [4.69, 9.17) is 9.40 Å². The van der Waals surface area contributed by atoms with Crippen molar-refractivity contribution in [2.75, 3.05) is 5.75 Å². The molecule has 21 heavy (non-hydrogen) atoms. The molecular formula is C17H18N2OS. The Balaban J connectivity index is 2.20. The molecule has 0 unspecified atom stereocenters. The lowest BCUT2D eigenvalue weighted by Gasteiger charge is -2.20. The zero-order valence-corrected chi connectivity index (χ0v) is 13.0. The number of rotatable bonds is 4. The molecule has 0 aromatic carbocycles. The molecule has 3 rings (SSSR count). The summed E-state index contributed by atoms with van der Waals surface area (Å²) in [6.07, 6.45) is 7.09. The lowest BCUT2D eigenvalue weighted by Crippen LogP contribution is -2.10. The lowest BCUT2D eigenvalue weighted by molar-refractivity contribution is 0.578. The van der Waals surface area contributed by atoms with Crippen LogP contribution in [0.2, 0.25) is 0 Å². The number of pyridine rings is 1. The van der Waals surface area contributed by atoms with Gasteiger partial charge in [0.15, 0.2) is 0 Å². The van der Waals surface area contributed by atoms with Crippen molar-refractivity contribution in [3.8, 4) is 17.4 Å². The minimum atomic E-state index is 0.684. The van der Waals surface area contributed by atoms with E-state index in [0.29, 0.717) is 5.56 Å². The number of nitriles is 1. The molecule has 0 amide bonds. The van der Waals surface area contributed by atoms with Crippen LogP contribution in [-0.4, -0.2) is 10.7 Å². The van der Waals surface area contributed by atoms with Crippen LogP contribution in [0.4, 0.5) is 0 Å². The SMILES string of the molecule is CCCSc1nc2c(c(-c3ccco3)c1C#N)CCCC2. The minimum absolute atomic E-state index is 0.684. The maximum Gasteiger partial charge on any atom is 0.135 e. The molecule has 1 aliphatic rings. The zero-order chi connectivity index (χ0) is 14.7. The summed E-state index contributed by atoms with van der Waals surface area (Å²) in [6.45, 7) is 2.14. The molecule has 0 radical (unpaired) electrons. The average molecular weight is 298 g/mol. The van der Waals surface area contributed by atoms with Crippen LogP contribution < -0.4 is 0 Å². The highest BCUT2D eigenvalue weighted by Crippen LogP contribution is 2.38. The molecule has 2 aromatic rings. The van der Waals surface area contributed by atoms with Gasteiger partial charge in [0, 0.05) is 11.3 Å². The molecule has 0 saturated heterocycles. The smallest absolute Gasteiger partial charge is 0.135 e. The van der Waals surface area contributed by atoms with Gasteiger partial charge in [0.2, 0.25) is 0 Å². The highest BCUT2D eigenvalue weighted by atomic mass is 32.2. The maximum atomic E-state index is 9.65. The van der Waals surface area contributed by atoms with Gasteiger partial charge in [-0.3, -0.25) is 0 Å². The maximum absolute atomic E-state index is 9.65. The summed E-state index contributed by atoms with van der Waals surface area (Å²) in [5.74, 6) is 1.78. The van der Waals surface area contributed by atoms with Gasteiger partial charge in [0.05, 0.1) is 11.8 Å². The van der Waals surface area contributed by atoms with Crippen molar-refractivity contribution in [1.82, 2.24) is 4.98 Å². The summed E-state index contributed by atoms with van der Waals surface area (Å²) in [4.78, 5) is 4.79. The Labute approximate surface area is 129 Å². The third-order valence-corrected chi connectivity index (χ3v) is 4.94. The fraction of sp³-hybridized carbons (Fsp3) is 0.412. The van der Waals surface area contributed by atoms with E-state index in [9.17, 15) is 5.26 Å². The van der Waals surface area contributed by atoms with Gasteiger partial charge in [-0.05, 0) is 55.6 Å². The van der Waals surface area contributed by atoms with Crippen LogP contribution in [-0.2, 0) is 12.8 Å². The van der Waals surface area contributed by atoms with E-state index in [1.165, 1.54) is 12.0 Å². The zero-order valence-electron chi connectivity index (χ0n) is 12.2. The fourth-order valence-corrected chi connectivity index (χ4v) is 3.68. The molecule has 108 valence electrons. The average Bonchev–Trinajstić information content (AvgIpc) is 3.05. The number of hydrogen-bond acceptors (Lipinski definition) is 4. The Morgan fingerprint density at radius 2 is 2.24 bits per heavy atom. The molecule has 3 nitrogen and oxygen atoms in total. The van der Waals surface area contributed by atoms with E-state index in [1.54, 1.807) is 18.0 Å². The van der Waals surface area contributed by atoms with E-state index in [1.807, 2.05) is 12.1 Å². The Bertz CT molecular complexity index is 671. The number of thioether (sulfide) groups is 1. The second-order valence-electron chi connectivity index (χ2n) is 5.24. The molecule has 0 N–H and O–H groups in total. The van der Waals surface area contributed by atoms with Gasteiger partial charge in [0.1, 0.15) is 16.9 Å². The topological polar surface area (TPSA) is 49.8 Å². The Morgan fingerprint density at radius 3 is 2.95 bits per heavy atom. The predicted octanol–water partition coefficient (Wildman–Crippen LogP) is 4.59. The van der Waals surface area contributed by atoms with Crippen LogP contribution in [0.1, 0.15) is 43.0 Å². The van der Waals surface area contributed by atoms with Gasteiger partial charge < -0.3 is 4.42 Å². The van der Waals surface area contributed by atoms with Crippen molar-refractivity contribution in [1.29, 1.82) is 5.26 Å². The largest absolute Gasteiger partial charge is 0.464 e. The monoisotopic (exact) mass is 298 g/mol. The number of fused-ring (bicyclic) bond motifs is 1. The van der Waals surface area contributed by atoms with Crippen LogP contribution in [0.15, 0.2) is 27.8 Å². The Hall–Kier alpha value is -1.73. The van der Waals surface area contributed by atoms with Gasteiger partial charge in [-0.2, -0.15) is 5.26 Å². The normalized spacial score (nSPS) is 13.7. The van der Waals surface area contributed by atoms with Crippen LogP contribution in [0.3, 0.4) is 0 Å². The number of aryl methyl sites for hydroxylation is 1. The van der Waals surface area contributed by atoms with Crippen molar-refractivity contribution in [3.63, 3.8) is 0 Å². The van der Waals surface area contributed by atoms with E-state index in [0.717, 1.165) is 53.5 Å². The van der Waals surface area contributed by atoms with Gasteiger partial charge >= 0.3 is 0 Å². The van der Waals surface area contributed by atoms with Crippen molar-refractivity contribution < 1.29 is 4.42 Å². The minimum Gasteiger partial charge on any atom is -0.464 e. The molecular weight excluding hydrogens is 280 g/mol. The number of aromatic nitrogens is 1. The van der Waals surface area contributed by atoms with E-state index in [2.05, 4.69) is 13.0 Å². The van der Waals surface area contributed by atoms with Crippen molar-refractivity contribution in [2.45, 2.75) is 44.1 Å². The van der Waals surface area contributed by atoms with Crippen molar-refractivity contribution in [2.24, 2.45) is 0 Å². The van der Waals surface area contributed by atoms with E-state index < -0.39 is 0 Å². The highest BCUT2D eigenvalue weighted by Gasteiger charge is 2.24. The summed E-state index contributed by atoms with van der Waals surface area (Å²) in [6, 6.07) is 6.19. The summed E-state index contributed by atoms with van der Waals surface area (Å²) in [5.41, 5.74) is 4.04. The standard InChI is InChI=1S/C17H18N2OS/c1-2-10-21-17-13(11-18)16(15-8-5-9-20-15)12-6-3-4-7-14(12)19-17/h5,8-9H,2-4,6-7,10H2,1H3. The number of furan rings is 1. The third-order valence-electron chi connectivity index (χ3n) is 3.76. The molecule has 2 heterocycles. The molecule has 0 bridgehead atoms. The first-order valence-electron chi connectivity index (χ1n) is 7.47. The molecule has 0 spiro atoms. The Kier molecular flexibility index (Phi) is 4.31. The first-order chi connectivity index (χ1) is 10.3. The van der Waals surface area contributed by atoms with Gasteiger partial charge in [-0.15, -0.1) is 11.8 Å². The first-order valence-corrected chi connectivity index (χ1v) is 8.46. The molecule has 0 saturated carbocycles. The molecule has 2 aromatic heterocycles. The van der Waals surface area contributed by atoms with E-state index >= 15 is 0 Å². The van der Waals surface area contributed by atoms with Crippen molar-refractivity contribution >= 4 is 11.8 Å². The van der Waals surface area contributed by atoms with Gasteiger partial charge in [-0.25, -0.2) is 4.98 Å². The van der Waals surface area contributed by atoms with Gasteiger partial charge in [-0.1, -0.05) is 6.92 Å². The van der Waals surface area contributed by atoms with Crippen LogP contribution in [0.5, 0.6) is 0 Å². The van der Waals surface area contributed by atoms with Crippen LogP contribution in [0, 0.1) is 11.3 Å². The number of nitrogens with zero attached hydrogens (tertiary/aromatic N) is 2. The number of hydrogen-bond donors (Lipinski definition) is 0. The second-order valence-corrected chi connectivity index (χ2v) is 6.32. The molecule has 1 aliphatic carbocycles. The fourth-order valence-electron chi connectivity index (χ4n) is 2.82. The van der Waals surface area contributed by atoms with Crippen LogP contribution >= 0.6 is 11.8 Å². The van der Waals surface area contributed by atoms with Crippen LogP contribution in [0.25, 0.3) is 11.3 Å². The molecule has 0 aliphatic heterocycles. The predicted molar refractivity (Wildman–Crippen MR) is 84.3 cm³/mol. The summed E-state index contributed by atoms with van der Waals surface area (Å²) in [5, 5.41) is 10.5. The van der Waals surface area contributed by atoms with Crippen molar-refractivity contribution in [3.05, 3.63) is 35.2 Å². The second kappa shape index (κ2) is 6.36. The molecule has 4 heteroatoms. The summed E-state index contributed by atoms with van der Waals surface area (Å²) < 4.78 is 5.60. The van der Waals surface area contributed by atoms with Gasteiger partial charge in [0.25, 0.3) is 0 Å². The molecule has 0 atom stereocenters. The Morgan fingerprint density at radius 1 is 1.38 bits per heavy atom. The summed E-state index contributed by atoms with van der Waals surface area (Å²) in [7, 11) is 0. The summed E-state index contributed by atoms with van der Waals surface area (Å²) >= 11 is 1.68. The quantitative estimate of drug-likeness (QED) is 0.774. The first kappa shape index (κ1) is 14.2. The molecule has 0 fully saturated rings. The van der Waals surface area contributed by atoms with E-state index in [-0.39, 0.29) is 0 Å². The highest BCUT2D eigenvalue weighted by molar-refractivity contribution is 7.99. The lowest BCUT2D eigenvalue weighted by atomic mass is 9.89.